The number of benzene rings is 1. The molecule has 0 N–H and O–H groups in total. The van der Waals surface area contributed by atoms with Crippen LogP contribution in [0.2, 0.25) is 0 Å². The standard InChI is InChI=1S/C31H32F3N3O5/c1-39-30(38)19-12-24(17-6-7-17)29(35-15-19)37-20-10-11-21(37)14-22(13-20)40-16-25-27(36-42-28(25)18-8-9-18)23-4-2-3-5-26(23)41-31(32,33)34/h2-5,12,15,17-18,20-22H,6-11,13-14,16H2,1H3/t20-,21+,22?. The summed E-state index contributed by atoms with van der Waals surface area (Å²) in [5.41, 5.74) is 2.86. The predicted molar refractivity (Wildman–Crippen MR) is 145 cm³/mol. The molecule has 2 saturated heterocycles. The third kappa shape index (κ3) is 5.34. The number of methoxy groups -OCH3 is 1. The average Bonchev–Trinajstić information content (AvgIpc) is 3.91. The van der Waals surface area contributed by atoms with Crippen LogP contribution in [0, 0.1) is 0 Å². The largest absolute Gasteiger partial charge is 0.573 e. The first-order valence-electron chi connectivity index (χ1n) is 14.6. The maximum absolute atomic E-state index is 13.1. The molecule has 2 saturated carbocycles. The summed E-state index contributed by atoms with van der Waals surface area (Å²) in [4.78, 5) is 19.4. The van der Waals surface area contributed by atoms with Gasteiger partial charge in [0.15, 0.2) is 0 Å². The van der Waals surface area contributed by atoms with E-state index in [-0.39, 0.29) is 48.0 Å². The second-order valence-corrected chi connectivity index (χ2v) is 11.8. The molecular weight excluding hydrogens is 551 g/mol. The van der Waals surface area contributed by atoms with Crippen LogP contribution in [-0.4, -0.2) is 47.8 Å². The third-order valence-corrected chi connectivity index (χ3v) is 8.87. The number of aromatic nitrogens is 2. The molecular formula is C31H32F3N3O5. The Hall–Kier alpha value is -3.60. The molecule has 7 rings (SSSR count). The van der Waals surface area contributed by atoms with Gasteiger partial charge in [-0.05, 0) is 81.0 Å². The lowest BCUT2D eigenvalue weighted by molar-refractivity contribution is -0.274. The normalized spacial score (nSPS) is 23.7. The van der Waals surface area contributed by atoms with Crippen molar-refractivity contribution in [2.45, 2.75) is 94.4 Å². The molecule has 2 aliphatic carbocycles. The third-order valence-electron chi connectivity index (χ3n) is 8.87. The number of halogens is 3. The van der Waals surface area contributed by atoms with E-state index in [4.69, 9.17) is 19.0 Å². The van der Waals surface area contributed by atoms with Gasteiger partial charge in [0.05, 0.1) is 25.4 Å². The Labute approximate surface area is 241 Å². The van der Waals surface area contributed by atoms with Crippen LogP contribution >= 0.6 is 0 Å². The van der Waals surface area contributed by atoms with Crippen molar-refractivity contribution in [1.29, 1.82) is 0 Å². The fraction of sp³-hybridized carbons (Fsp3) is 0.516. The van der Waals surface area contributed by atoms with Gasteiger partial charge in [-0.25, -0.2) is 9.78 Å². The van der Waals surface area contributed by atoms with Crippen molar-refractivity contribution in [2.24, 2.45) is 0 Å². The van der Waals surface area contributed by atoms with Crippen molar-refractivity contribution in [2.75, 3.05) is 12.0 Å². The van der Waals surface area contributed by atoms with Crippen molar-refractivity contribution in [3.63, 3.8) is 0 Å². The van der Waals surface area contributed by atoms with E-state index in [2.05, 4.69) is 14.8 Å². The van der Waals surface area contributed by atoms with Crippen LogP contribution in [0.25, 0.3) is 11.3 Å². The number of alkyl halides is 3. The number of carbonyl (C=O) groups excluding carboxylic acids is 1. The second kappa shape index (κ2) is 10.6. The monoisotopic (exact) mass is 583 g/mol. The number of nitrogens with zero attached hydrogens (tertiary/aromatic N) is 3. The van der Waals surface area contributed by atoms with Crippen LogP contribution in [0.5, 0.6) is 5.75 Å². The first-order chi connectivity index (χ1) is 20.3. The zero-order valence-corrected chi connectivity index (χ0v) is 23.2. The summed E-state index contributed by atoms with van der Waals surface area (Å²) in [7, 11) is 1.38. The van der Waals surface area contributed by atoms with Crippen LogP contribution in [-0.2, 0) is 16.1 Å². The summed E-state index contributed by atoms with van der Waals surface area (Å²) in [5, 5.41) is 4.20. The van der Waals surface area contributed by atoms with Gasteiger partial charge in [0.2, 0.25) is 0 Å². The highest BCUT2D eigenvalue weighted by Gasteiger charge is 2.44. The molecule has 4 aliphatic rings. The number of fused-ring (bicyclic) bond motifs is 2. The van der Waals surface area contributed by atoms with Gasteiger partial charge in [0.25, 0.3) is 0 Å². The first-order valence-corrected chi connectivity index (χ1v) is 14.6. The number of esters is 1. The number of anilines is 1. The minimum absolute atomic E-state index is 0.0195. The van der Waals surface area contributed by atoms with E-state index in [0.29, 0.717) is 28.5 Å². The van der Waals surface area contributed by atoms with Gasteiger partial charge >= 0.3 is 12.3 Å². The van der Waals surface area contributed by atoms with Crippen molar-refractivity contribution in [1.82, 2.24) is 10.1 Å². The van der Waals surface area contributed by atoms with Crippen molar-refractivity contribution in [3.8, 4) is 17.0 Å². The number of piperidine rings is 1. The fourth-order valence-electron chi connectivity index (χ4n) is 6.64. The molecule has 2 aromatic heterocycles. The Morgan fingerprint density at radius 3 is 2.43 bits per heavy atom. The van der Waals surface area contributed by atoms with Gasteiger partial charge in [0, 0.05) is 35.3 Å². The SMILES string of the molecule is COC(=O)c1cnc(N2[C@@H]3CC[C@H]2CC(OCc2c(-c4ccccc4OC(F)(F)F)noc2C2CC2)C3)c(C2CC2)c1. The minimum Gasteiger partial charge on any atom is -0.465 e. The zero-order valence-electron chi connectivity index (χ0n) is 23.2. The number of carbonyl (C=O) groups is 1. The molecule has 222 valence electrons. The summed E-state index contributed by atoms with van der Waals surface area (Å²) < 4.78 is 60.8. The maximum Gasteiger partial charge on any atom is 0.573 e. The number of pyridine rings is 1. The van der Waals surface area contributed by atoms with Crippen LogP contribution < -0.4 is 9.64 Å². The summed E-state index contributed by atoms with van der Waals surface area (Å²) in [6, 6.07) is 8.47. The smallest absolute Gasteiger partial charge is 0.465 e. The molecule has 0 radical (unpaired) electrons. The van der Waals surface area contributed by atoms with Gasteiger partial charge < -0.3 is 23.6 Å². The molecule has 2 bridgehead atoms. The lowest BCUT2D eigenvalue weighted by Gasteiger charge is -2.40. The molecule has 8 nitrogen and oxygen atoms in total. The molecule has 1 aromatic carbocycles. The maximum atomic E-state index is 13.1. The molecule has 42 heavy (non-hydrogen) atoms. The van der Waals surface area contributed by atoms with Crippen molar-refractivity contribution >= 4 is 11.8 Å². The van der Waals surface area contributed by atoms with E-state index < -0.39 is 6.36 Å². The van der Waals surface area contributed by atoms with Crippen LogP contribution in [0.3, 0.4) is 0 Å². The van der Waals surface area contributed by atoms with E-state index in [9.17, 15) is 18.0 Å². The highest BCUT2D eigenvalue weighted by molar-refractivity contribution is 5.89. The van der Waals surface area contributed by atoms with E-state index in [1.807, 2.05) is 6.07 Å². The van der Waals surface area contributed by atoms with Gasteiger partial charge in [-0.2, -0.15) is 0 Å². The Morgan fingerprint density at radius 2 is 1.76 bits per heavy atom. The van der Waals surface area contributed by atoms with E-state index in [1.165, 1.54) is 19.2 Å². The molecule has 3 atom stereocenters. The average molecular weight is 584 g/mol. The summed E-state index contributed by atoms with van der Waals surface area (Å²) in [5.74, 6) is 1.59. The predicted octanol–water partition coefficient (Wildman–Crippen LogP) is 6.89. The molecule has 3 aromatic rings. The summed E-state index contributed by atoms with van der Waals surface area (Å²) in [6.45, 7) is 0.203. The van der Waals surface area contributed by atoms with Gasteiger partial charge in [-0.3, -0.25) is 0 Å². The minimum atomic E-state index is -4.82. The number of ether oxygens (including phenoxy) is 3. The van der Waals surface area contributed by atoms with Gasteiger partial charge in [0.1, 0.15) is 23.0 Å². The summed E-state index contributed by atoms with van der Waals surface area (Å²) >= 11 is 0. The van der Waals surface area contributed by atoms with E-state index >= 15 is 0 Å². The van der Waals surface area contributed by atoms with E-state index in [1.54, 1.807) is 18.3 Å². The molecule has 1 unspecified atom stereocenters. The lowest BCUT2D eigenvalue weighted by atomic mass is 9.97. The molecule has 11 heteroatoms. The zero-order chi connectivity index (χ0) is 29.0. The van der Waals surface area contributed by atoms with E-state index in [0.717, 1.165) is 62.7 Å². The Bertz CT molecular complexity index is 1470. The Morgan fingerprint density at radius 1 is 1.05 bits per heavy atom. The summed E-state index contributed by atoms with van der Waals surface area (Å²) in [6.07, 6.45) is 4.56. The first kappa shape index (κ1) is 27.2. The van der Waals surface area contributed by atoms with Gasteiger partial charge in [-0.15, -0.1) is 13.2 Å². The van der Waals surface area contributed by atoms with Crippen LogP contribution in [0.4, 0.5) is 19.0 Å². The Kier molecular flexibility index (Phi) is 6.87. The topological polar surface area (TPSA) is 86.9 Å². The molecule has 0 spiro atoms. The van der Waals surface area contributed by atoms with Crippen LogP contribution in [0.1, 0.15) is 90.4 Å². The molecule has 0 amide bonds. The number of rotatable bonds is 9. The van der Waals surface area contributed by atoms with Crippen molar-refractivity contribution < 1.29 is 36.7 Å². The molecule has 2 aliphatic heterocycles. The quantitative estimate of drug-likeness (QED) is 0.252. The Balaban J connectivity index is 1.10. The molecule has 4 heterocycles. The number of hydrogen-bond donors (Lipinski definition) is 0. The molecule has 4 fully saturated rings. The van der Waals surface area contributed by atoms with Gasteiger partial charge in [-0.1, -0.05) is 17.3 Å². The lowest BCUT2D eigenvalue weighted by Crippen LogP contribution is -2.46. The number of para-hydroxylation sites is 1. The highest BCUT2D eigenvalue weighted by Crippen LogP contribution is 2.49. The van der Waals surface area contributed by atoms with Crippen LogP contribution in [0.15, 0.2) is 41.1 Å². The van der Waals surface area contributed by atoms with Crippen molar-refractivity contribution in [3.05, 3.63) is 59.0 Å². The second-order valence-electron chi connectivity index (χ2n) is 11.8. The number of hydrogen-bond acceptors (Lipinski definition) is 8. The highest BCUT2D eigenvalue weighted by atomic mass is 19.4. The fourth-order valence-corrected chi connectivity index (χ4v) is 6.64.